The third-order valence-electron chi connectivity index (χ3n) is 3.95. The van der Waals surface area contributed by atoms with E-state index in [4.69, 9.17) is 16.3 Å². The van der Waals surface area contributed by atoms with E-state index in [0.717, 1.165) is 0 Å². The first-order valence-corrected chi connectivity index (χ1v) is 7.22. The molecular weight excluding hydrogens is 304 g/mol. The van der Waals surface area contributed by atoms with Crippen LogP contribution in [0.2, 0.25) is 0 Å². The second-order valence-electron chi connectivity index (χ2n) is 5.12. The Morgan fingerprint density at radius 1 is 1.14 bits per heavy atom. The summed E-state index contributed by atoms with van der Waals surface area (Å²) >= 11 is 5.84. The maximum atomic E-state index is 12.8. The average molecular weight is 317 g/mol. The number of ketones is 2. The molecule has 0 aromatic heterocycles. The Hall–Kier alpha value is -2.33. The predicted octanol–water partition coefficient (Wildman–Crippen LogP) is 3.22. The number of aromatic hydroxyl groups is 1. The Bertz CT molecular complexity index is 824. The molecule has 112 valence electrons. The Kier molecular flexibility index (Phi) is 3.41. The number of carbonyl (C=O) groups excluding carboxylic acids is 2. The van der Waals surface area contributed by atoms with E-state index in [-0.39, 0.29) is 39.7 Å². The third kappa shape index (κ3) is 1.84. The summed E-state index contributed by atoms with van der Waals surface area (Å²) in [6.07, 6.45) is 0. The first kappa shape index (κ1) is 14.6. The number of hydrogen-bond acceptors (Lipinski definition) is 4. The number of hydrogen-bond donors (Lipinski definition) is 1. The molecule has 1 aliphatic carbocycles. The second-order valence-corrected chi connectivity index (χ2v) is 5.39. The zero-order chi connectivity index (χ0) is 16.0. The Morgan fingerprint density at radius 2 is 1.86 bits per heavy atom. The van der Waals surface area contributed by atoms with Crippen molar-refractivity contribution in [3.63, 3.8) is 0 Å². The topological polar surface area (TPSA) is 63.6 Å². The van der Waals surface area contributed by atoms with E-state index in [1.165, 1.54) is 7.11 Å². The van der Waals surface area contributed by atoms with Gasteiger partial charge in [0.25, 0.3) is 0 Å². The molecule has 0 saturated carbocycles. The molecule has 0 heterocycles. The molecule has 0 saturated heterocycles. The van der Waals surface area contributed by atoms with Gasteiger partial charge in [-0.2, -0.15) is 0 Å². The van der Waals surface area contributed by atoms with Crippen LogP contribution < -0.4 is 4.74 Å². The van der Waals surface area contributed by atoms with Crippen LogP contribution in [-0.4, -0.2) is 23.8 Å². The summed E-state index contributed by atoms with van der Waals surface area (Å²) < 4.78 is 5.19. The van der Waals surface area contributed by atoms with Gasteiger partial charge in [0.05, 0.1) is 24.1 Å². The van der Waals surface area contributed by atoms with Crippen LogP contribution in [0, 0.1) is 6.92 Å². The van der Waals surface area contributed by atoms with Gasteiger partial charge in [0.1, 0.15) is 11.5 Å². The predicted molar refractivity (Wildman–Crippen MR) is 82.3 cm³/mol. The van der Waals surface area contributed by atoms with Crippen LogP contribution in [0.15, 0.2) is 24.3 Å². The van der Waals surface area contributed by atoms with Crippen LogP contribution in [0.5, 0.6) is 11.5 Å². The minimum atomic E-state index is -0.425. The lowest BCUT2D eigenvalue weighted by atomic mass is 9.81. The number of ether oxygens (including phenoxy) is 1. The Morgan fingerprint density at radius 3 is 2.50 bits per heavy atom. The summed E-state index contributed by atoms with van der Waals surface area (Å²) in [5, 5.41) is 10.4. The molecule has 2 aromatic rings. The van der Waals surface area contributed by atoms with Crippen LogP contribution in [0.1, 0.15) is 43.0 Å². The van der Waals surface area contributed by atoms with E-state index >= 15 is 0 Å². The molecule has 0 amide bonds. The minimum absolute atomic E-state index is 0.00301. The molecule has 0 atom stereocenters. The van der Waals surface area contributed by atoms with Crippen LogP contribution in [-0.2, 0) is 5.88 Å². The lowest BCUT2D eigenvalue weighted by molar-refractivity contribution is 0.0974. The zero-order valence-electron chi connectivity index (χ0n) is 12.1. The lowest BCUT2D eigenvalue weighted by Crippen LogP contribution is -2.22. The van der Waals surface area contributed by atoms with Crippen LogP contribution in [0.4, 0.5) is 0 Å². The molecular formula is C17H13ClO4. The molecule has 0 fully saturated rings. The molecule has 0 radical (unpaired) electrons. The number of halogens is 1. The van der Waals surface area contributed by atoms with Crippen LogP contribution in [0.3, 0.4) is 0 Å². The van der Waals surface area contributed by atoms with E-state index in [1.807, 2.05) is 0 Å². The smallest absolute Gasteiger partial charge is 0.201 e. The number of carbonyl (C=O) groups is 2. The summed E-state index contributed by atoms with van der Waals surface area (Å²) in [7, 11) is 1.43. The van der Waals surface area contributed by atoms with E-state index in [9.17, 15) is 14.7 Å². The number of fused-ring (bicyclic) bond motifs is 2. The highest BCUT2D eigenvalue weighted by atomic mass is 35.5. The fourth-order valence-corrected chi connectivity index (χ4v) is 3.15. The van der Waals surface area contributed by atoms with Gasteiger partial charge < -0.3 is 9.84 Å². The zero-order valence-corrected chi connectivity index (χ0v) is 12.8. The maximum Gasteiger partial charge on any atom is 0.201 e. The monoisotopic (exact) mass is 316 g/mol. The van der Waals surface area contributed by atoms with Crippen molar-refractivity contribution in [2.75, 3.05) is 7.11 Å². The van der Waals surface area contributed by atoms with Gasteiger partial charge in [-0.1, -0.05) is 12.1 Å². The summed E-state index contributed by atoms with van der Waals surface area (Å²) in [5.41, 5.74) is 1.81. The van der Waals surface area contributed by atoms with Crippen molar-refractivity contribution < 1.29 is 19.4 Å². The van der Waals surface area contributed by atoms with Crippen molar-refractivity contribution in [3.05, 3.63) is 57.6 Å². The van der Waals surface area contributed by atoms with E-state index < -0.39 is 5.78 Å². The summed E-state index contributed by atoms with van der Waals surface area (Å²) in [6, 6.07) is 6.47. The molecule has 0 aliphatic heterocycles. The molecule has 0 bridgehead atoms. The Balaban J connectivity index is 2.37. The van der Waals surface area contributed by atoms with E-state index in [0.29, 0.717) is 16.9 Å². The molecule has 0 unspecified atom stereocenters. The Labute approximate surface area is 132 Å². The number of phenolic OH excluding ortho intramolecular Hbond substituents is 1. The highest BCUT2D eigenvalue weighted by Crippen LogP contribution is 2.39. The van der Waals surface area contributed by atoms with Crippen molar-refractivity contribution in [2.24, 2.45) is 0 Å². The van der Waals surface area contributed by atoms with Crippen LogP contribution >= 0.6 is 11.6 Å². The quantitative estimate of drug-likeness (QED) is 0.737. The highest BCUT2D eigenvalue weighted by molar-refractivity contribution is 6.30. The third-order valence-corrected chi connectivity index (χ3v) is 4.22. The molecule has 4 nitrogen and oxygen atoms in total. The van der Waals surface area contributed by atoms with Gasteiger partial charge in [-0.15, -0.1) is 11.6 Å². The number of benzene rings is 2. The van der Waals surface area contributed by atoms with Crippen molar-refractivity contribution in [1.82, 2.24) is 0 Å². The number of methoxy groups -OCH3 is 1. The van der Waals surface area contributed by atoms with Gasteiger partial charge in [-0.3, -0.25) is 9.59 Å². The normalized spacial score (nSPS) is 12.9. The molecule has 1 aliphatic rings. The molecule has 22 heavy (non-hydrogen) atoms. The number of aryl methyl sites for hydroxylation is 1. The van der Waals surface area contributed by atoms with Crippen molar-refractivity contribution in [2.45, 2.75) is 12.8 Å². The largest absolute Gasteiger partial charge is 0.507 e. The van der Waals surface area contributed by atoms with Gasteiger partial charge in [-0.05, 0) is 24.6 Å². The van der Waals surface area contributed by atoms with E-state index in [1.54, 1.807) is 31.2 Å². The van der Waals surface area contributed by atoms with E-state index in [2.05, 4.69) is 0 Å². The SMILES string of the molecule is COc1cccc2c1C(=O)c1c(cc(C)c(CCl)c1O)C2=O. The summed E-state index contributed by atoms with van der Waals surface area (Å²) in [6.45, 7) is 1.75. The number of alkyl halides is 1. The van der Waals surface area contributed by atoms with Crippen molar-refractivity contribution in [3.8, 4) is 11.5 Å². The molecule has 0 spiro atoms. The minimum Gasteiger partial charge on any atom is -0.507 e. The average Bonchev–Trinajstić information content (AvgIpc) is 2.51. The first-order chi connectivity index (χ1) is 10.5. The maximum absolute atomic E-state index is 12.8. The summed E-state index contributed by atoms with van der Waals surface area (Å²) in [5.74, 6) is -0.576. The van der Waals surface area contributed by atoms with Gasteiger partial charge >= 0.3 is 0 Å². The standard InChI is InChI=1S/C17H13ClO4/c1-8-6-10-14(16(20)11(8)7-18)17(21)13-9(15(10)19)4-3-5-12(13)22-2/h3-6,20H,7H2,1-2H3. The van der Waals surface area contributed by atoms with Gasteiger partial charge in [-0.25, -0.2) is 0 Å². The fourth-order valence-electron chi connectivity index (χ4n) is 2.81. The number of rotatable bonds is 2. The lowest BCUT2D eigenvalue weighted by Gasteiger charge is -2.22. The number of phenols is 1. The second kappa shape index (κ2) is 5.14. The molecule has 5 heteroatoms. The van der Waals surface area contributed by atoms with Gasteiger partial charge in [0.15, 0.2) is 5.78 Å². The van der Waals surface area contributed by atoms with Crippen LogP contribution in [0.25, 0.3) is 0 Å². The highest BCUT2D eigenvalue weighted by Gasteiger charge is 2.35. The molecule has 2 aromatic carbocycles. The van der Waals surface area contributed by atoms with Gasteiger partial charge in [0.2, 0.25) is 5.78 Å². The van der Waals surface area contributed by atoms with Crippen molar-refractivity contribution in [1.29, 1.82) is 0 Å². The molecule has 1 N–H and O–H groups in total. The molecule has 3 rings (SSSR count). The summed E-state index contributed by atoms with van der Waals surface area (Å²) in [4.78, 5) is 25.5. The fraction of sp³-hybridized carbons (Fsp3) is 0.176. The van der Waals surface area contributed by atoms with Gasteiger partial charge in [0, 0.05) is 16.7 Å². The van der Waals surface area contributed by atoms with Crippen molar-refractivity contribution >= 4 is 23.2 Å². The first-order valence-electron chi connectivity index (χ1n) is 6.69.